The van der Waals surface area contributed by atoms with Gasteiger partial charge < -0.3 is 14.5 Å². The molecule has 2 atom stereocenters. The van der Waals surface area contributed by atoms with Gasteiger partial charge >= 0.3 is 0 Å². The van der Waals surface area contributed by atoms with Gasteiger partial charge in [-0.2, -0.15) is 0 Å². The Morgan fingerprint density at radius 1 is 1.31 bits per heavy atom. The first kappa shape index (κ1) is 17.0. The minimum absolute atomic E-state index is 0.0818. The Labute approximate surface area is 153 Å². The predicted octanol–water partition coefficient (Wildman–Crippen LogP) is 1.65. The number of likely N-dealkylation sites (tertiary alicyclic amines) is 1. The zero-order valence-electron chi connectivity index (χ0n) is 15.3. The van der Waals surface area contributed by atoms with Gasteiger partial charge in [-0.15, -0.1) is 5.10 Å². The van der Waals surface area contributed by atoms with Crippen molar-refractivity contribution >= 4 is 11.6 Å². The lowest BCUT2D eigenvalue weighted by Gasteiger charge is -2.41. The number of piperidine rings is 1. The Balaban J connectivity index is 1.36. The molecule has 0 bridgehead atoms. The van der Waals surface area contributed by atoms with E-state index >= 15 is 0 Å². The Bertz CT molecular complexity index is 770. The van der Waals surface area contributed by atoms with Crippen molar-refractivity contribution in [1.29, 1.82) is 0 Å². The van der Waals surface area contributed by atoms with Gasteiger partial charge in [0.05, 0.1) is 30.6 Å². The van der Waals surface area contributed by atoms with Crippen LogP contribution in [0.3, 0.4) is 0 Å². The molecule has 1 saturated heterocycles. The van der Waals surface area contributed by atoms with Crippen molar-refractivity contribution < 1.29 is 9.53 Å². The van der Waals surface area contributed by atoms with Gasteiger partial charge in [0.15, 0.2) is 0 Å². The summed E-state index contributed by atoms with van der Waals surface area (Å²) in [7, 11) is 4.05. The van der Waals surface area contributed by atoms with E-state index < -0.39 is 0 Å². The fourth-order valence-electron chi connectivity index (χ4n) is 3.78. The van der Waals surface area contributed by atoms with Crippen LogP contribution in [0, 0.1) is 0 Å². The predicted molar refractivity (Wildman–Crippen MR) is 97.9 cm³/mol. The van der Waals surface area contributed by atoms with Crippen LogP contribution in [0.4, 0.5) is 5.69 Å². The summed E-state index contributed by atoms with van der Waals surface area (Å²) in [5.41, 5.74) is 3.35. The highest BCUT2D eigenvalue weighted by molar-refractivity contribution is 5.76. The number of hydrogen-bond acceptors (Lipinski definition) is 5. The molecule has 0 saturated carbocycles. The lowest BCUT2D eigenvalue weighted by atomic mass is 9.99. The third-order valence-corrected chi connectivity index (χ3v) is 5.36. The molecule has 1 aromatic heterocycles. The Hall–Kier alpha value is -2.41. The molecule has 0 radical (unpaired) electrons. The summed E-state index contributed by atoms with van der Waals surface area (Å²) in [5.74, 6) is 0.201. The van der Waals surface area contributed by atoms with E-state index in [9.17, 15) is 4.79 Å². The fourth-order valence-corrected chi connectivity index (χ4v) is 3.78. The summed E-state index contributed by atoms with van der Waals surface area (Å²) in [4.78, 5) is 16.7. The van der Waals surface area contributed by atoms with Crippen molar-refractivity contribution in [3.8, 4) is 0 Å². The summed E-state index contributed by atoms with van der Waals surface area (Å²) in [6.07, 6.45) is 4.03. The minimum atomic E-state index is 0.0818. The van der Waals surface area contributed by atoms with E-state index in [0.29, 0.717) is 19.6 Å². The summed E-state index contributed by atoms with van der Waals surface area (Å²) >= 11 is 0. The van der Waals surface area contributed by atoms with Crippen LogP contribution in [0.1, 0.15) is 30.1 Å². The van der Waals surface area contributed by atoms with Crippen molar-refractivity contribution in [3.05, 3.63) is 41.7 Å². The van der Waals surface area contributed by atoms with Gasteiger partial charge in [-0.05, 0) is 30.5 Å². The van der Waals surface area contributed by atoms with E-state index in [1.165, 1.54) is 11.3 Å². The van der Waals surface area contributed by atoms with Crippen LogP contribution in [0.2, 0.25) is 0 Å². The molecule has 1 aromatic carbocycles. The average molecular weight is 355 g/mol. The van der Waals surface area contributed by atoms with Crippen LogP contribution in [-0.2, 0) is 22.6 Å². The Morgan fingerprint density at radius 3 is 2.88 bits per heavy atom. The van der Waals surface area contributed by atoms with E-state index in [-0.39, 0.29) is 18.1 Å². The number of rotatable bonds is 4. The third kappa shape index (κ3) is 3.31. The van der Waals surface area contributed by atoms with Crippen LogP contribution in [0.25, 0.3) is 0 Å². The first-order chi connectivity index (χ1) is 12.6. The molecule has 0 spiro atoms. The smallest absolute Gasteiger partial charge is 0.222 e. The number of carbonyl (C=O) groups is 1. The Morgan fingerprint density at radius 2 is 2.12 bits per heavy atom. The van der Waals surface area contributed by atoms with Crippen LogP contribution in [0.15, 0.2) is 30.5 Å². The minimum Gasteiger partial charge on any atom is -0.378 e. The van der Waals surface area contributed by atoms with Gasteiger partial charge in [0, 0.05) is 39.3 Å². The maximum Gasteiger partial charge on any atom is 0.222 e. The van der Waals surface area contributed by atoms with Crippen LogP contribution >= 0.6 is 0 Å². The number of amides is 1. The van der Waals surface area contributed by atoms with Gasteiger partial charge in [0.1, 0.15) is 0 Å². The molecule has 3 heterocycles. The third-order valence-electron chi connectivity index (χ3n) is 5.36. The van der Waals surface area contributed by atoms with Crippen LogP contribution in [-0.4, -0.2) is 59.1 Å². The van der Waals surface area contributed by atoms with E-state index in [0.717, 1.165) is 25.1 Å². The zero-order chi connectivity index (χ0) is 18.1. The lowest BCUT2D eigenvalue weighted by Crippen LogP contribution is -2.49. The van der Waals surface area contributed by atoms with E-state index in [1.807, 2.05) is 23.7 Å². The first-order valence-electron chi connectivity index (χ1n) is 9.16. The fraction of sp³-hybridized carbons (Fsp3) is 0.526. The van der Waals surface area contributed by atoms with Crippen LogP contribution < -0.4 is 4.90 Å². The highest BCUT2D eigenvalue weighted by Crippen LogP contribution is 2.30. The maximum atomic E-state index is 12.7. The average Bonchev–Trinajstić information content (AvgIpc) is 3.15. The number of hydrogen-bond donors (Lipinski definition) is 0. The topological polar surface area (TPSA) is 63.5 Å². The highest BCUT2D eigenvalue weighted by Gasteiger charge is 2.37. The van der Waals surface area contributed by atoms with Gasteiger partial charge in [-0.1, -0.05) is 17.3 Å². The van der Waals surface area contributed by atoms with Crippen molar-refractivity contribution in [2.75, 3.05) is 32.1 Å². The number of nitrogens with zero attached hydrogens (tertiary/aromatic N) is 5. The summed E-state index contributed by atoms with van der Waals surface area (Å²) in [6.45, 7) is 1.97. The lowest BCUT2D eigenvalue weighted by molar-refractivity contribution is -0.138. The molecule has 26 heavy (non-hydrogen) atoms. The molecule has 2 aromatic rings. The van der Waals surface area contributed by atoms with Crippen molar-refractivity contribution in [3.63, 3.8) is 0 Å². The quantitative estimate of drug-likeness (QED) is 0.834. The van der Waals surface area contributed by atoms with Gasteiger partial charge in [-0.3, -0.25) is 4.79 Å². The maximum absolute atomic E-state index is 12.7. The molecule has 0 aliphatic carbocycles. The van der Waals surface area contributed by atoms with Gasteiger partial charge in [-0.25, -0.2) is 4.68 Å². The van der Waals surface area contributed by atoms with Crippen molar-refractivity contribution in [1.82, 2.24) is 19.9 Å². The second-order valence-corrected chi connectivity index (χ2v) is 7.28. The summed E-state index contributed by atoms with van der Waals surface area (Å²) in [6, 6.07) is 8.48. The zero-order valence-corrected chi connectivity index (χ0v) is 15.3. The second-order valence-electron chi connectivity index (χ2n) is 7.28. The summed E-state index contributed by atoms with van der Waals surface area (Å²) in [5, 5.41) is 8.18. The number of aromatic nitrogens is 3. The molecule has 0 N–H and O–H groups in total. The normalized spacial score (nSPS) is 21.8. The number of benzene rings is 1. The van der Waals surface area contributed by atoms with Crippen LogP contribution in [0.5, 0.6) is 0 Å². The van der Waals surface area contributed by atoms with Crippen molar-refractivity contribution in [2.24, 2.45) is 0 Å². The number of ether oxygens (including phenoxy) is 1. The molecule has 7 heteroatoms. The molecule has 7 nitrogen and oxygen atoms in total. The molecule has 1 amide bonds. The van der Waals surface area contributed by atoms with Gasteiger partial charge in [0.2, 0.25) is 5.91 Å². The molecule has 138 valence electrons. The molecule has 2 aliphatic rings. The largest absolute Gasteiger partial charge is 0.378 e. The van der Waals surface area contributed by atoms with E-state index in [2.05, 4.69) is 39.5 Å². The molecule has 1 fully saturated rings. The second kappa shape index (κ2) is 7.07. The number of anilines is 1. The molecular formula is C19H25N5O2. The number of carbonyl (C=O) groups excluding carboxylic acids is 1. The molecule has 2 aliphatic heterocycles. The highest BCUT2D eigenvalue weighted by atomic mass is 16.5. The standard InChI is InChI=1S/C19H25N5O2/c1-22(2)15-6-3-14(4-7-15)5-8-19(25)23-10-9-18-17(12-23)24-16(13-26-18)11-20-21-24/h3-4,6-7,11,17-18H,5,8-10,12-13H2,1-2H3/t17-,18-/m0/s1. The SMILES string of the molecule is CN(C)c1ccc(CCC(=O)N2CC[C@@H]3OCc4cnnn4[C@H]3C2)cc1. The summed E-state index contributed by atoms with van der Waals surface area (Å²) < 4.78 is 7.85. The van der Waals surface area contributed by atoms with Crippen molar-refractivity contribution in [2.45, 2.75) is 38.0 Å². The number of fused-ring (bicyclic) bond motifs is 3. The molecule has 0 unspecified atom stereocenters. The number of aryl methyl sites for hydroxylation is 1. The first-order valence-corrected chi connectivity index (χ1v) is 9.16. The van der Waals surface area contributed by atoms with E-state index in [4.69, 9.17) is 4.74 Å². The monoisotopic (exact) mass is 355 g/mol. The van der Waals surface area contributed by atoms with Gasteiger partial charge in [0.25, 0.3) is 0 Å². The molecular weight excluding hydrogens is 330 g/mol. The molecule has 4 rings (SSSR count). The Kier molecular flexibility index (Phi) is 4.63. The van der Waals surface area contributed by atoms with E-state index in [1.54, 1.807) is 6.20 Å².